The molecule has 0 radical (unpaired) electrons. The van der Waals surface area contributed by atoms with E-state index in [1.807, 2.05) is 36.9 Å². The number of halogens is 1. The van der Waals surface area contributed by atoms with Crippen LogP contribution in [-0.2, 0) is 6.42 Å². The van der Waals surface area contributed by atoms with Gasteiger partial charge in [0.05, 0.1) is 22.1 Å². The summed E-state index contributed by atoms with van der Waals surface area (Å²) in [7, 11) is 0. The first-order valence-electron chi connectivity index (χ1n) is 7.96. The minimum atomic E-state index is -0.110. The van der Waals surface area contributed by atoms with Gasteiger partial charge in [-0.3, -0.25) is 9.78 Å². The number of carbonyl (C=O) groups is 1. The van der Waals surface area contributed by atoms with Crippen LogP contribution in [0.2, 0.25) is 5.02 Å². The number of nitrogens with zero attached hydrogens (tertiary/aromatic N) is 3. The Morgan fingerprint density at radius 2 is 2.12 bits per heavy atom. The van der Waals surface area contributed by atoms with Gasteiger partial charge in [-0.05, 0) is 37.6 Å². The molecule has 122 valence electrons. The summed E-state index contributed by atoms with van der Waals surface area (Å²) in [6, 6.07) is 9.48. The minimum Gasteiger partial charge on any atom is -0.333 e. The molecule has 5 nitrogen and oxygen atoms in total. The monoisotopic (exact) mass is 340 g/mol. The van der Waals surface area contributed by atoms with Crippen LogP contribution in [-0.4, -0.2) is 32.3 Å². The van der Waals surface area contributed by atoms with Crippen molar-refractivity contribution in [2.75, 3.05) is 6.54 Å². The number of carbonyl (C=O) groups excluding carboxylic acids is 1. The summed E-state index contributed by atoms with van der Waals surface area (Å²) >= 11 is 6.17. The fourth-order valence-corrected chi connectivity index (χ4v) is 3.52. The van der Waals surface area contributed by atoms with Gasteiger partial charge in [-0.15, -0.1) is 0 Å². The first-order valence-corrected chi connectivity index (χ1v) is 8.34. The average Bonchev–Trinajstić information content (AvgIpc) is 3.00. The maximum absolute atomic E-state index is 12.9. The number of hydrogen-bond donors (Lipinski definition) is 1. The standard InChI is InChI=1S/C18H17ClN4O/c1-10-6-7-12-11(2)23(9-8-14(12)20-10)18(24)17-21-15-5-3-4-13(19)16(15)22-17/h3-7,11H,8-9H2,1-2H3,(H,21,22)/t11-/m0/s1. The number of aromatic nitrogens is 3. The van der Waals surface area contributed by atoms with Crippen LogP contribution >= 0.6 is 11.6 Å². The lowest BCUT2D eigenvalue weighted by atomic mass is 9.97. The topological polar surface area (TPSA) is 61.9 Å². The molecule has 0 spiro atoms. The van der Waals surface area contributed by atoms with E-state index in [2.05, 4.69) is 21.0 Å². The molecule has 4 rings (SSSR count). The molecule has 0 saturated carbocycles. The number of imidazole rings is 1. The number of nitrogens with one attached hydrogen (secondary N) is 1. The zero-order chi connectivity index (χ0) is 16.8. The van der Waals surface area contributed by atoms with Crippen molar-refractivity contribution in [1.82, 2.24) is 19.9 Å². The Bertz CT molecular complexity index is 949. The minimum absolute atomic E-state index is 0.0296. The molecule has 0 saturated heterocycles. The van der Waals surface area contributed by atoms with Gasteiger partial charge in [0, 0.05) is 24.4 Å². The summed E-state index contributed by atoms with van der Waals surface area (Å²) in [5.41, 5.74) is 4.60. The Kier molecular flexibility index (Phi) is 3.53. The number of fused-ring (bicyclic) bond motifs is 2. The number of aromatic amines is 1. The molecule has 1 N–H and O–H groups in total. The first-order chi connectivity index (χ1) is 11.5. The van der Waals surface area contributed by atoms with Crippen LogP contribution in [0.3, 0.4) is 0 Å². The SMILES string of the molecule is Cc1ccc2c(n1)CCN(C(=O)c1nc3cccc(Cl)c3[nH]1)[C@H]2C. The van der Waals surface area contributed by atoms with Crippen molar-refractivity contribution in [3.05, 3.63) is 58.1 Å². The van der Waals surface area contributed by atoms with Crippen LogP contribution in [0.1, 0.15) is 40.5 Å². The number of H-pyrrole nitrogens is 1. The lowest BCUT2D eigenvalue weighted by molar-refractivity contribution is 0.0665. The summed E-state index contributed by atoms with van der Waals surface area (Å²) in [6.45, 7) is 4.65. The molecule has 0 unspecified atom stereocenters. The van der Waals surface area contributed by atoms with Gasteiger partial charge in [0.25, 0.3) is 5.91 Å². The highest BCUT2D eigenvalue weighted by atomic mass is 35.5. The third-order valence-corrected chi connectivity index (χ3v) is 4.90. The molecular weight excluding hydrogens is 324 g/mol. The molecule has 1 aliphatic heterocycles. The van der Waals surface area contributed by atoms with Gasteiger partial charge in [0.1, 0.15) is 0 Å². The molecule has 1 amide bonds. The van der Waals surface area contributed by atoms with E-state index in [1.165, 1.54) is 0 Å². The third kappa shape index (κ3) is 2.36. The van der Waals surface area contributed by atoms with E-state index in [9.17, 15) is 4.79 Å². The normalized spacial score (nSPS) is 17.1. The maximum atomic E-state index is 12.9. The Balaban J connectivity index is 1.69. The van der Waals surface area contributed by atoms with E-state index in [0.29, 0.717) is 28.4 Å². The molecule has 24 heavy (non-hydrogen) atoms. The fraction of sp³-hybridized carbons (Fsp3) is 0.278. The van der Waals surface area contributed by atoms with E-state index in [-0.39, 0.29) is 11.9 Å². The molecule has 2 aromatic heterocycles. The maximum Gasteiger partial charge on any atom is 0.290 e. The highest BCUT2D eigenvalue weighted by Gasteiger charge is 2.30. The Morgan fingerprint density at radius 1 is 1.29 bits per heavy atom. The van der Waals surface area contributed by atoms with Crippen LogP contribution in [0.15, 0.2) is 30.3 Å². The number of hydrogen-bond acceptors (Lipinski definition) is 3. The molecule has 0 fully saturated rings. The Hall–Kier alpha value is -2.40. The van der Waals surface area contributed by atoms with Gasteiger partial charge in [0.2, 0.25) is 0 Å². The third-order valence-electron chi connectivity index (χ3n) is 4.59. The number of amides is 1. The summed E-state index contributed by atoms with van der Waals surface area (Å²) in [6.07, 6.45) is 0.758. The lowest BCUT2D eigenvalue weighted by Crippen LogP contribution is -2.39. The summed E-state index contributed by atoms with van der Waals surface area (Å²) in [5.74, 6) is 0.217. The summed E-state index contributed by atoms with van der Waals surface area (Å²) in [4.78, 5) is 26.8. The molecular formula is C18H17ClN4O. The Morgan fingerprint density at radius 3 is 2.92 bits per heavy atom. The second-order valence-corrected chi connectivity index (χ2v) is 6.54. The molecule has 3 aromatic rings. The number of aryl methyl sites for hydroxylation is 1. The van der Waals surface area contributed by atoms with Gasteiger partial charge in [-0.1, -0.05) is 23.7 Å². The molecule has 0 aliphatic carbocycles. The zero-order valence-corrected chi connectivity index (χ0v) is 14.3. The van der Waals surface area contributed by atoms with Gasteiger partial charge in [0.15, 0.2) is 5.82 Å². The van der Waals surface area contributed by atoms with Crippen molar-refractivity contribution in [1.29, 1.82) is 0 Å². The number of rotatable bonds is 1. The number of benzene rings is 1. The number of pyridine rings is 1. The Labute approximate surface area is 144 Å². The van der Waals surface area contributed by atoms with Gasteiger partial charge >= 0.3 is 0 Å². The second-order valence-electron chi connectivity index (χ2n) is 6.13. The van der Waals surface area contributed by atoms with Gasteiger partial charge < -0.3 is 9.88 Å². The van der Waals surface area contributed by atoms with E-state index in [1.54, 1.807) is 6.07 Å². The van der Waals surface area contributed by atoms with Crippen molar-refractivity contribution in [3.63, 3.8) is 0 Å². The van der Waals surface area contributed by atoms with Crippen LogP contribution < -0.4 is 0 Å². The number of para-hydroxylation sites is 1. The summed E-state index contributed by atoms with van der Waals surface area (Å²) in [5, 5.41) is 0.566. The van der Waals surface area contributed by atoms with Gasteiger partial charge in [-0.25, -0.2) is 4.98 Å². The lowest BCUT2D eigenvalue weighted by Gasteiger charge is -2.34. The van der Waals surface area contributed by atoms with Crippen molar-refractivity contribution in [3.8, 4) is 0 Å². The highest BCUT2D eigenvalue weighted by Crippen LogP contribution is 2.30. The van der Waals surface area contributed by atoms with E-state index in [4.69, 9.17) is 11.6 Å². The predicted octanol–water partition coefficient (Wildman–Crippen LogP) is 3.68. The smallest absolute Gasteiger partial charge is 0.290 e. The molecule has 0 bridgehead atoms. The van der Waals surface area contributed by atoms with Crippen molar-refractivity contribution < 1.29 is 4.79 Å². The second kappa shape index (κ2) is 5.60. The van der Waals surface area contributed by atoms with Crippen molar-refractivity contribution in [2.45, 2.75) is 26.3 Å². The van der Waals surface area contributed by atoms with E-state index < -0.39 is 0 Å². The molecule has 1 aliphatic rings. The van der Waals surface area contributed by atoms with E-state index >= 15 is 0 Å². The van der Waals surface area contributed by atoms with Crippen LogP contribution in [0.5, 0.6) is 0 Å². The average molecular weight is 341 g/mol. The fourth-order valence-electron chi connectivity index (χ4n) is 3.30. The molecule has 1 aromatic carbocycles. The zero-order valence-electron chi connectivity index (χ0n) is 13.5. The van der Waals surface area contributed by atoms with Gasteiger partial charge in [-0.2, -0.15) is 0 Å². The first kappa shape index (κ1) is 15.1. The van der Waals surface area contributed by atoms with Crippen molar-refractivity contribution >= 4 is 28.5 Å². The molecule has 3 heterocycles. The van der Waals surface area contributed by atoms with Crippen LogP contribution in [0, 0.1) is 6.92 Å². The van der Waals surface area contributed by atoms with Crippen molar-refractivity contribution in [2.24, 2.45) is 0 Å². The van der Waals surface area contributed by atoms with Crippen LogP contribution in [0.4, 0.5) is 0 Å². The van der Waals surface area contributed by atoms with Crippen LogP contribution in [0.25, 0.3) is 11.0 Å². The predicted molar refractivity (Wildman–Crippen MR) is 93.2 cm³/mol. The summed E-state index contributed by atoms with van der Waals surface area (Å²) < 4.78 is 0. The molecule has 1 atom stereocenters. The van der Waals surface area contributed by atoms with E-state index in [0.717, 1.165) is 23.4 Å². The molecule has 6 heteroatoms. The quantitative estimate of drug-likeness (QED) is 0.735. The highest BCUT2D eigenvalue weighted by molar-refractivity contribution is 6.35. The largest absolute Gasteiger partial charge is 0.333 e.